The maximum atomic E-state index is 12.9. The normalized spacial score (nSPS) is 14.5. The largest absolute Gasteiger partial charge is 0.496 e. The lowest BCUT2D eigenvalue weighted by atomic mass is 9.93. The SMILES string of the molecule is COc1cc(OC)c(OC)cc1CNC(=O)C1(c2cccc(C)c2)CC1. The van der Waals surface area contributed by atoms with Crippen LogP contribution in [0.15, 0.2) is 36.4 Å². The van der Waals surface area contributed by atoms with Gasteiger partial charge in [0.2, 0.25) is 5.91 Å². The number of benzene rings is 2. The van der Waals surface area contributed by atoms with E-state index in [0.29, 0.717) is 23.8 Å². The molecular formula is C21H25NO4. The molecule has 2 aromatic carbocycles. The minimum atomic E-state index is -0.393. The molecular weight excluding hydrogens is 330 g/mol. The Kier molecular flexibility index (Phi) is 5.07. The summed E-state index contributed by atoms with van der Waals surface area (Å²) in [5, 5.41) is 3.07. The van der Waals surface area contributed by atoms with Crippen molar-refractivity contribution >= 4 is 5.91 Å². The predicted molar refractivity (Wildman–Crippen MR) is 100 cm³/mol. The van der Waals surface area contributed by atoms with E-state index in [1.165, 1.54) is 5.56 Å². The minimum absolute atomic E-state index is 0.0555. The van der Waals surface area contributed by atoms with Crippen LogP contribution in [-0.4, -0.2) is 27.2 Å². The van der Waals surface area contributed by atoms with E-state index in [1.807, 2.05) is 31.2 Å². The molecule has 0 saturated heterocycles. The third-order valence-corrected chi connectivity index (χ3v) is 4.98. The zero-order valence-electron chi connectivity index (χ0n) is 15.7. The molecule has 1 fully saturated rings. The zero-order valence-corrected chi connectivity index (χ0v) is 15.7. The number of aryl methyl sites for hydroxylation is 1. The highest BCUT2D eigenvalue weighted by atomic mass is 16.5. The second-order valence-electron chi connectivity index (χ2n) is 6.65. The molecule has 2 aromatic rings. The average molecular weight is 355 g/mol. The zero-order chi connectivity index (χ0) is 18.7. The topological polar surface area (TPSA) is 56.8 Å². The Bertz CT molecular complexity index is 812. The standard InChI is InChI=1S/C21H25NO4/c1-14-6-5-7-16(10-14)21(8-9-21)20(23)22-13-15-11-18(25-3)19(26-4)12-17(15)24-2/h5-7,10-12H,8-9,13H2,1-4H3,(H,22,23). The minimum Gasteiger partial charge on any atom is -0.496 e. The summed E-state index contributed by atoms with van der Waals surface area (Å²) in [4.78, 5) is 12.9. The molecule has 1 amide bonds. The lowest BCUT2D eigenvalue weighted by Crippen LogP contribution is -2.34. The molecule has 1 saturated carbocycles. The summed E-state index contributed by atoms with van der Waals surface area (Å²) in [6, 6.07) is 11.8. The molecule has 26 heavy (non-hydrogen) atoms. The first-order chi connectivity index (χ1) is 12.5. The van der Waals surface area contributed by atoms with Gasteiger partial charge in [-0.2, -0.15) is 0 Å². The molecule has 138 valence electrons. The Hall–Kier alpha value is -2.69. The van der Waals surface area contributed by atoms with Crippen LogP contribution in [0.2, 0.25) is 0 Å². The van der Waals surface area contributed by atoms with Crippen molar-refractivity contribution in [2.75, 3.05) is 21.3 Å². The maximum Gasteiger partial charge on any atom is 0.230 e. The Balaban J connectivity index is 1.77. The monoisotopic (exact) mass is 355 g/mol. The Morgan fingerprint density at radius 2 is 1.65 bits per heavy atom. The molecule has 3 rings (SSSR count). The van der Waals surface area contributed by atoms with Crippen LogP contribution in [0.25, 0.3) is 0 Å². The summed E-state index contributed by atoms with van der Waals surface area (Å²) in [6.45, 7) is 2.42. The van der Waals surface area contributed by atoms with Crippen molar-refractivity contribution in [2.24, 2.45) is 0 Å². The first kappa shape index (κ1) is 18.1. The smallest absolute Gasteiger partial charge is 0.230 e. The Labute approximate surface area is 154 Å². The first-order valence-corrected chi connectivity index (χ1v) is 8.68. The number of carbonyl (C=O) groups is 1. The second kappa shape index (κ2) is 7.28. The van der Waals surface area contributed by atoms with Gasteiger partial charge in [0, 0.05) is 18.2 Å². The third-order valence-electron chi connectivity index (χ3n) is 4.98. The van der Waals surface area contributed by atoms with Gasteiger partial charge >= 0.3 is 0 Å². The molecule has 1 aliphatic rings. The van der Waals surface area contributed by atoms with E-state index in [-0.39, 0.29) is 5.91 Å². The average Bonchev–Trinajstić information content (AvgIpc) is 3.47. The van der Waals surface area contributed by atoms with Gasteiger partial charge in [-0.15, -0.1) is 0 Å². The van der Waals surface area contributed by atoms with Crippen LogP contribution in [0.3, 0.4) is 0 Å². The van der Waals surface area contributed by atoms with Crippen molar-refractivity contribution in [3.05, 3.63) is 53.1 Å². The van der Waals surface area contributed by atoms with Crippen LogP contribution in [0.1, 0.15) is 29.5 Å². The number of carbonyl (C=O) groups excluding carboxylic acids is 1. The van der Waals surface area contributed by atoms with Crippen molar-refractivity contribution < 1.29 is 19.0 Å². The van der Waals surface area contributed by atoms with Crippen molar-refractivity contribution in [3.63, 3.8) is 0 Å². The van der Waals surface area contributed by atoms with E-state index in [0.717, 1.165) is 24.0 Å². The van der Waals surface area contributed by atoms with Crippen LogP contribution in [0, 0.1) is 6.92 Å². The molecule has 1 N–H and O–H groups in total. The number of amides is 1. The number of ether oxygens (including phenoxy) is 3. The lowest BCUT2D eigenvalue weighted by Gasteiger charge is -2.18. The lowest BCUT2D eigenvalue weighted by molar-refractivity contribution is -0.123. The Morgan fingerprint density at radius 3 is 2.23 bits per heavy atom. The second-order valence-corrected chi connectivity index (χ2v) is 6.65. The number of hydrogen-bond donors (Lipinski definition) is 1. The van der Waals surface area contributed by atoms with Crippen molar-refractivity contribution in [3.8, 4) is 17.2 Å². The van der Waals surface area contributed by atoms with Gasteiger partial charge in [0.15, 0.2) is 11.5 Å². The summed E-state index contributed by atoms with van der Waals surface area (Å²) in [6.07, 6.45) is 1.76. The van der Waals surface area contributed by atoms with Gasteiger partial charge in [-0.05, 0) is 31.4 Å². The number of rotatable bonds is 7. The number of hydrogen-bond acceptors (Lipinski definition) is 4. The maximum absolute atomic E-state index is 12.9. The molecule has 0 aliphatic heterocycles. The van der Waals surface area contributed by atoms with Crippen LogP contribution in [0.5, 0.6) is 17.2 Å². The molecule has 0 radical (unpaired) electrons. The summed E-state index contributed by atoms with van der Waals surface area (Å²) in [5.74, 6) is 1.92. The number of nitrogens with one attached hydrogen (secondary N) is 1. The fraction of sp³-hybridized carbons (Fsp3) is 0.381. The molecule has 5 nitrogen and oxygen atoms in total. The van der Waals surface area contributed by atoms with E-state index in [1.54, 1.807) is 27.4 Å². The molecule has 0 heterocycles. The van der Waals surface area contributed by atoms with Gasteiger partial charge in [-0.1, -0.05) is 29.8 Å². The summed E-state index contributed by atoms with van der Waals surface area (Å²) in [7, 11) is 4.77. The molecule has 0 unspecified atom stereocenters. The highest BCUT2D eigenvalue weighted by molar-refractivity contribution is 5.91. The van der Waals surface area contributed by atoms with Crippen LogP contribution in [-0.2, 0) is 16.8 Å². The van der Waals surface area contributed by atoms with Crippen molar-refractivity contribution in [1.82, 2.24) is 5.32 Å². The van der Waals surface area contributed by atoms with Gasteiger partial charge in [0.1, 0.15) is 5.75 Å². The van der Waals surface area contributed by atoms with Crippen molar-refractivity contribution in [1.29, 1.82) is 0 Å². The van der Waals surface area contributed by atoms with E-state index in [9.17, 15) is 4.79 Å². The molecule has 0 atom stereocenters. The molecule has 0 aromatic heterocycles. The molecule has 1 aliphatic carbocycles. The fourth-order valence-electron chi connectivity index (χ4n) is 3.29. The van der Waals surface area contributed by atoms with Crippen LogP contribution in [0.4, 0.5) is 0 Å². The summed E-state index contributed by atoms with van der Waals surface area (Å²) in [5.41, 5.74) is 2.71. The number of methoxy groups -OCH3 is 3. The van der Waals surface area contributed by atoms with Gasteiger partial charge < -0.3 is 19.5 Å². The Morgan fingerprint density at radius 1 is 1.00 bits per heavy atom. The third kappa shape index (κ3) is 3.34. The molecule has 5 heteroatoms. The fourth-order valence-corrected chi connectivity index (χ4v) is 3.29. The van der Waals surface area contributed by atoms with Gasteiger partial charge in [0.05, 0.1) is 26.7 Å². The summed E-state index contributed by atoms with van der Waals surface area (Å²) < 4.78 is 16.1. The van der Waals surface area contributed by atoms with Crippen molar-refractivity contribution in [2.45, 2.75) is 31.7 Å². The molecule has 0 bridgehead atoms. The van der Waals surface area contributed by atoms with Gasteiger partial charge in [0.25, 0.3) is 0 Å². The van der Waals surface area contributed by atoms with Gasteiger partial charge in [-0.3, -0.25) is 4.79 Å². The van der Waals surface area contributed by atoms with E-state index < -0.39 is 5.41 Å². The first-order valence-electron chi connectivity index (χ1n) is 8.68. The summed E-state index contributed by atoms with van der Waals surface area (Å²) >= 11 is 0. The van der Waals surface area contributed by atoms with Gasteiger partial charge in [-0.25, -0.2) is 0 Å². The van der Waals surface area contributed by atoms with E-state index in [4.69, 9.17) is 14.2 Å². The molecule has 0 spiro atoms. The van der Waals surface area contributed by atoms with E-state index in [2.05, 4.69) is 11.4 Å². The van der Waals surface area contributed by atoms with Crippen LogP contribution < -0.4 is 19.5 Å². The quantitative estimate of drug-likeness (QED) is 0.827. The van der Waals surface area contributed by atoms with E-state index >= 15 is 0 Å². The highest BCUT2D eigenvalue weighted by Gasteiger charge is 2.51. The van der Waals surface area contributed by atoms with Crippen LogP contribution >= 0.6 is 0 Å². The predicted octanol–water partition coefficient (Wildman–Crippen LogP) is 3.37. The highest BCUT2D eigenvalue weighted by Crippen LogP contribution is 2.48.